The van der Waals surface area contributed by atoms with Gasteiger partial charge in [0.05, 0.1) is 12.6 Å². The monoisotopic (exact) mass is 345 g/mol. The van der Waals surface area contributed by atoms with Crippen molar-refractivity contribution in [2.45, 2.75) is 32.9 Å². The first-order chi connectivity index (χ1) is 11.7. The van der Waals surface area contributed by atoms with E-state index >= 15 is 0 Å². The van der Waals surface area contributed by atoms with Crippen molar-refractivity contribution in [1.82, 2.24) is 10.6 Å². The summed E-state index contributed by atoms with van der Waals surface area (Å²) in [5.74, 6) is 0.831. The van der Waals surface area contributed by atoms with Gasteiger partial charge in [-0.3, -0.25) is 4.99 Å². The van der Waals surface area contributed by atoms with Gasteiger partial charge in [0.25, 0.3) is 0 Å². The Morgan fingerprint density at radius 3 is 2.62 bits per heavy atom. The van der Waals surface area contributed by atoms with Gasteiger partial charge in [0.1, 0.15) is 0 Å². The molecule has 0 spiro atoms. The second kappa shape index (κ2) is 10.1. The maximum absolute atomic E-state index is 5.88. The maximum Gasteiger partial charge on any atom is 0.191 e. The summed E-state index contributed by atoms with van der Waals surface area (Å²) in [5.41, 5.74) is 1.22. The number of rotatable bonds is 8. The van der Waals surface area contributed by atoms with E-state index in [4.69, 9.17) is 4.74 Å². The van der Waals surface area contributed by atoms with E-state index in [0.717, 1.165) is 32.1 Å². The van der Waals surface area contributed by atoms with Crippen LogP contribution in [0.3, 0.4) is 0 Å². The quantitative estimate of drug-likeness (QED) is 0.433. The molecule has 130 valence electrons. The SMILES string of the molecule is CN=C(NCCCOC(C)c1ccccc1)NCc1ccc(C)s1. The standard InChI is InChI=1S/C19H27N3OS/c1-15-10-11-18(24-15)14-22-19(20-3)21-12-7-13-23-16(2)17-8-5-4-6-9-17/h4-6,8-11,16H,7,12-14H2,1-3H3,(H2,20,21,22). The molecule has 0 aliphatic carbocycles. The van der Waals surface area contributed by atoms with Crippen molar-refractivity contribution in [2.24, 2.45) is 4.99 Å². The summed E-state index contributed by atoms with van der Waals surface area (Å²) < 4.78 is 5.88. The molecule has 1 aromatic carbocycles. The van der Waals surface area contributed by atoms with Crippen LogP contribution in [0.4, 0.5) is 0 Å². The Labute approximate surface area is 149 Å². The Bertz CT molecular complexity index is 625. The lowest BCUT2D eigenvalue weighted by Crippen LogP contribution is -2.37. The van der Waals surface area contributed by atoms with E-state index in [-0.39, 0.29) is 6.10 Å². The Morgan fingerprint density at radius 1 is 1.17 bits per heavy atom. The first-order valence-electron chi connectivity index (χ1n) is 8.35. The Balaban J connectivity index is 1.60. The van der Waals surface area contributed by atoms with Crippen LogP contribution in [-0.2, 0) is 11.3 Å². The lowest BCUT2D eigenvalue weighted by atomic mass is 10.1. The zero-order chi connectivity index (χ0) is 17.2. The van der Waals surface area contributed by atoms with Crippen molar-refractivity contribution in [2.75, 3.05) is 20.2 Å². The number of aryl methyl sites for hydroxylation is 1. The minimum Gasteiger partial charge on any atom is -0.374 e. The van der Waals surface area contributed by atoms with Gasteiger partial charge in [-0.1, -0.05) is 30.3 Å². The van der Waals surface area contributed by atoms with Gasteiger partial charge in [0.15, 0.2) is 5.96 Å². The minimum atomic E-state index is 0.130. The molecule has 2 aromatic rings. The van der Waals surface area contributed by atoms with E-state index in [1.165, 1.54) is 15.3 Å². The summed E-state index contributed by atoms with van der Waals surface area (Å²) in [6.45, 7) is 6.58. The smallest absolute Gasteiger partial charge is 0.191 e. The zero-order valence-electron chi connectivity index (χ0n) is 14.7. The highest BCUT2D eigenvalue weighted by Crippen LogP contribution is 2.16. The second-order valence-electron chi connectivity index (χ2n) is 5.64. The predicted octanol–water partition coefficient (Wildman–Crippen LogP) is 3.89. The fourth-order valence-electron chi connectivity index (χ4n) is 2.33. The van der Waals surface area contributed by atoms with Crippen molar-refractivity contribution in [3.05, 3.63) is 57.8 Å². The van der Waals surface area contributed by atoms with Gasteiger partial charge in [-0.05, 0) is 38.0 Å². The fraction of sp³-hybridized carbons (Fsp3) is 0.421. The number of hydrogen-bond donors (Lipinski definition) is 2. The van der Waals surface area contributed by atoms with E-state index < -0.39 is 0 Å². The van der Waals surface area contributed by atoms with Crippen molar-refractivity contribution in [3.8, 4) is 0 Å². The molecule has 24 heavy (non-hydrogen) atoms. The van der Waals surface area contributed by atoms with Gasteiger partial charge < -0.3 is 15.4 Å². The topological polar surface area (TPSA) is 45.7 Å². The normalized spacial score (nSPS) is 12.9. The average molecular weight is 346 g/mol. The molecule has 1 unspecified atom stereocenters. The van der Waals surface area contributed by atoms with Crippen molar-refractivity contribution in [1.29, 1.82) is 0 Å². The molecule has 2 N–H and O–H groups in total. The van der Waals surface area contributed by atoms with Crippen molar-refractivity contribution >= 4 is 17.3 Å². The van der Waals surface area contributed by atoms with E-state index in [0.29, 0.717) is 0 Å². The van der Waals surface area contributed by atoms with E-state index in [1.54, 1.807) is 7.05 Å². The van der Waals surface area contributed by atoms with Gasteiger partial charge in [0.2, 0.25) is 0 Å². The molecule has 4 nitrogen and oxygen atoms in total. The minimum absolute atomic E-state index is 0.130. The Kier molecular flexibility index (Phi) is 7.79. The van der Waals surface area contributed by atoms with Gasteiger partial charge >= 0.3 is 0 Å². The summed E-state index contributed by atoms with van der Waals surface area (Å²) in [7, 11) is 1.79. The third-order valence-electron chi connectivity index (χ3n) is 3.70. The molecule has 0 saturated heterocycles. The van der Waals surface area contributed by atoms with Crippen LogP contribution in [0.25, 0.3) is 0 Å². The van der Waals surface area contributed by atoms with Gasteiger partial charge in [-0.25, -0.2) is 0 Å². The van der Waals surface area contributed by atoms with Crippen LogP contribution in [0.2, 0.25) is 0 Å². The van der Waals surface area contributed by atoms with E-state index in [9.17, 15) is 0 Å². The molecular formula is C19H27N3OS. The molecule has 0 bridgehead atoms. The fourth-order valence-corrected chi connectivity index (χ4v) is 3.16. The molecule has 2 rings (SSSR count). The molecule has 0 saturated carbocycles. The Hall–Kier alpha value is -1.85. The lowest BCUT2D eigenvalue weighted by Gasteiger charge is -2.14. The first-order valence-corrected chi connectivity index (χ1v) is 9.17. The highest BCUT2D eigenvalue weighted by Gasteiger charge is 2.04. The first kappa shape index (κ1) is 18.5. The van der Waals surface area contributed by atoms with Gasteiger partial charge in [-0.2, -0.15) is 0 Å². The van der Waals surface area contributed by atoms with Crippen LogP contribution in [0, 0.1) is 6.92 Å². The van der Waals surface area contributed by atoms with Crippen LogP contribution >= 0.6 is 11.3 Å². The largest absolute Gasteiger partial charge is 0.374 e. The van der Waals surface area contributed by atoms with Crippen LogP contribution in [0.1, 0.15) is 34.8 Å². The van der Waals surface area contributed by atoms with Crippen LogP contribution in [-0.4, -0.2) is 26.2 Å². The third kappa shape index (κ3) is 6.34. The molecule has 1 heterocycles. The molecule has 0 fully saturated rings. The van der Waals surface area contributed by atoms with Gasteiger partial charge in [-0.15, -0.1) is 11.3 Å². The molecule has 0 aliphatic rings. The number of ether oxygens (including phenoxy) is 1. The molecule has 0 amide bonds. The third-order valence-corrected chi connectivity index (χ3v) is 4.70. The maximum atomic E-state index is 5.88. The number of nitrogens with zero attached hydrogens (tertiary/aromatic N) is 1. The second-order valence-corrected chi connectivity index (χ2v) is 7.01. The van der Waals surface area contributed by atoms with Crippen molar-refractivity contribution < 1.29 is 4.74 Å². The number of aliphatic imine (C=N–C) groups is 1. The average Bonchev–Trinajstić information content (AvgIpc) is 3.03. The van der Waals surface area contributed by atoms with Crippen LogP contribution < -0.4 is 10.6 Å². The highest BCUT2D eigenvalue weighted by atomic mass is 32.1. The van der Waals surface area contributed by atoms with Crippen molar-refractivity contribution in [3.63, 3.8) is 0 Å². The summed E-state index contributed by atoms with van der Waals surface area (Å²) in [4.78, 5) is 6.90. The van der Waals surface area contributed by atoms with Crippen LogP contribution in [0.15, 0.2) is 47.5 Å². The number of benzene rings is 1. The number of thiophene rings is 1. The highest BCUT2D eigenvalue weighted by molar-refractivity contribution is 7.11. The van der Waals surface area contributed by atoms with Gasteiger partial charge in [0, 0.05) is 30.0 Å². The number of hydrogen-bond acceptors (Lipinski definition) is 3. The van der Waals surface area contributed by atoms with E-state index in [1.807, 2.05) is 29.5 Å². The molecule has 1 atom stereocenters. The zero-order valence-corrected chi connectivity index (χ0v) is 15.5. The molecule has 0 aliphatic heterocycles. The number of nitrogens with one attached hydrogen (secondary N) is 2. The molecule has 5 heteroatoms. The molecule has 0 radical (unpaired) electrons. The Morgan fingerprint density at radius 2 is 1.96 bits per heavy atom. The summed E-state index contributed by atoms with van der Waals surface area (Å²) in [6, 6.07) is 14.6. The number of guanidine groups is 1. The summed E-state index contributed by atoms with van der Waals surface area (Å²) in [5, 5.41) is 6.66. The molecule has 1 aromatic heterocycles. The van der Waals surface area contributed by atoms with E-state index in [2.05, 4.69) is 53.7 Å². The van der Waals surface area contributed by atoms with Crippen LogP contribution in [0.5, 0.6) is 0 Å². The summed E-state index contributed by atoms with van der Waals surface area (Å²) >= 11 is 1.81. The lowest BCUT2D eigenvalue weighted by molar-refractivity contribution is 0.0646. The molecular weight excluding hydrogens is 318 g/mol. The predicted molar refractivity (Wildman–Crippen MR) is 103 cm³/mol. The summed E-state index contributed by atoms with van der Waals surface area (Å²) in [6.07, 6.45) is 1.07.